The Kier molecular flexibility index (Phi) is 6.43. The van der Waals surface area contributed by atoms with Crippen LogP contribution in [-0.4, -0.2) is 39.2 Å². The molecular weight excluding hydrogens is 431 g/mol. The summed E-state index contributed by atoms with van der Waals surface area (Å²) in [6, 6.07) is 16.7. The van der Waals surface area contributed by atoms with Gasteiger partial charge in [0.05, 0.1) is 25.0 Å². The Morgan fingerprint density at radius 1 is 1.06 bits per heavy atom. The first-order chi connectivity index (χ1) is 15.5. The summed E-state index contributed by atoms with van der Waals surface area (Å²) < 4.78 is 23.8. The molecule has 0 aliphatic carbocycles. The van der Waals surface area contributed by atoms with Crippen LogP contribution in [0.3, 0.4) is 0 Å². The maximum atomic E-state index is 13.7. The predicted molar refractivity (Wildman–Crippen MR) is 121 cm³/mol. The monoisotopic (exact) mass is 452 g/mol. The number of fused-ring (bicyclic) bond motifs is 2. The number of carbonyl (C=O) groups is 2. The Bertz CT molecular complexity index is 1180. The van der Waals surface area contributed by atoms with Crippen LogP contribution in [0.15, 0.2) is 70.5 Å². The van der Waals surface area contributed by atoms with Crippen molar-refractivity contribution in [3.8, 4) is 5.75 Å². The largest absolute Gasteiger partial charge is 0.494 e. The smallest absolute Gasteiger partial charge is 0.259 e. The van der Waals surface area contributed by atoms with E-state index >= 15 is 0 Å². The lowest BCUT2D eigenvalue weighted by atomic mass is 10.1. The van der Waals surface area contributed by atoms with Crippen molar-refractivity contribution in [2.45, 2.75) is 9.79 Å². The first-order valence-corrected chi connectivity index (χ1v) is 10.7. The van der Waals surface area contributed by atoms with Gasteiger partial charge in [-0.2, -0.15) is 0 Å². The molecule has 0 saturated carbocycles. The number of rotatable bonds is 6. The van der Waals surface area contributed by atoms with E-state index in [4.69, 9.17) is 9.47 Å². The molecule has 1 N–H and O–H groups in total. The van der Waals surface area contributed by atoms with E-state index in [1.54, 1.807) is 24.1 Å². The van der Waals surface area contributed by atoms with E-state index in [0.29, 0.717) is 24.4 Å². The fourth-order valence-corrected chi connectivity index (χ4v) is 4.53. The number of methoxy groups -OCH3 is 2. The Labute approximate surface area is 189 Å². The van der Waals surface area contributed by atoms with Crippen LogP contribution in [-0.2, 0) is 4.74 Å². The molecule has 0 atom stereocenters. The van der Waals surface area contributed by atoms with Crippen molar-refractivity contribution >= 4 is 35.0 Å². The summed E-state index contributed by atoms with van der Waals surface area (Å²) in [4.78, 5) is 29.2. The zero-order valence-corrected chi connectivity index (χ0v) is 18.4. The van der Waals surface area contributed by atoms with Crippen molar-refractivity contribution in [1.29, 1.82) is 0 Å². The Hall–Kier alpha value is -3.36. The zero-order chi connectivity index (χ0) is 22.7. The summed E-state index contributed by atoms with van der Waals surface area (Å²) in [6.45, 7) is 0.793. The van der Waals surface area contributed by atoms with Crippen molar-refractivity contribution in [1.82, 2.24) is 0 Å². The molecule has 0 fully saturated rings. The predicted octanol–water partition coefficient (Wildman–Crippen LogP) is 4.84. The van der Waals surface area contributed by atoms with Crippen LogP contribution in [0.4, 0.5) is 15.8 Å². The van der Waals surface area contributed by atoms with E-state index < -0.39 is 11.7 Å². The summed E-state index contributed by atoms with van der Waals surface area (Å²) in [5, 5.41) is 2.83. The van der Waals surface area contributed by atoms with Gasteiger partial charge in [-0.25, -0.2) is 4.39 Å². The number of carbonyl (C=O) groups excluding carboxylic acids is 2. The van der Waals surface area contributed by atoms with Gasteiger partial charge < -0.3 is 19.7 Å². The number of anilines is 2. The molecule has 3 aromatic rings. The van der Waals surface area contributed by atoms with Crippen molar-refractivity contribution in [2.75, 3.05) is 37.6 Å². The maximum absolute atomic E-state index is 13.7. The molecule has 8 heteroatoms. The minimum Gasteiger partial charge on any atom is -0.494 e. The van der Waals surface area contributed by atoms with Crippen LogP contribution in [0, 0.1) is 5.82 Å². The molecule has 1 aliphatic heterocycles. The number of ether oxygens (including phenoxy) is 2. The first kappa shape index (κ1) is 21.9. The lowest BCUT2D eigenvalue weighted by molar-refractivity contribution is 0.0972. The third kappa shape index (κ3) is 4.32. The minimum atomic E-state index is -0.537. The van der Waals surface area contributed by atoms with Crippen molar-refractivity contribution in [3.05, 3.63) is 77.6 Å². The van der Waals surface area contributed by atoms with Crippen LogP contribution in [0.2, 0.25) is 0 Å². The summed E-state index contributed by atoms with van der Waals surface area (Å²) >= 11 is 1.47. The van der Waals surface area contributed by atoms with Gasteiger partial charge in [-0.3, -0.25) is 9.59 Å². The highest BCUT2D eigenvalue weighted by Crippen LogP contribution is 2.42. The van der Waals surface area contributed by atoms with E-state index in [1.807, 2.05) is 30.3 Å². The molecule has 0 aromatic heterocycles. The lowest BCUT2D eigenvalue weighted by Gasteiger charge is -2.23. The summed E-state index contributed by atoms with van der Waals surface area (Å²) in [5.74, 6) is -1.03. The average Bonchev–Trinajstić information content (AvgIpc) is 2.91. The van der Waals surface area contributed by atoms with E-state index in [2.05, 4.69) is 5.32 Å². The number of halogens is 1. The Morgan fingerprint density at radius 3 is 2.66 bits per heavy atom. The third-order valence-corrected chi connectivity index (χ3v) is 6.15. The van der Waals surface area contributed by atoms with Gasteiger partial charge >= 0.3 is 0 Å². The van der Waals surface area contributed by atoms with Crippen LogP contribution >= 0.6 is 11.8 Å². The molecule has 32 heavy (non-hydrogen) atoms. The number of amides is 2. The van der Waals surface area contributed by atoms with E-state index in [0.717, 1.165) is 15.5 Å². The molecular formula is C24H21FN2O4S. The van der Waals surface area contributed by atoms with Gasteiger partial charge in [0.2, 0.25) is 0 Å². The molecule has 3 aromatic carbocycles. The third-order valence-electron chi connectivity index (χ3n) is 5.02. The fourth-order valence-electron chi connectivity index (χ4n) is 3.41. The topological polar surface area (TPSA) is 67.9 Å². The highest BCUT2D eigenvalue weighted by atomic mass is 32.2. The SMILES string of the molecule is COCCN1C(=O)c2ccccc2Sc2cc(NC(=O)c3ccc(F)c(OC)c3)ccc21. The summed E-state index contributed by atoms with van der Waals surface area (Å²) in [6.07, 6.45) is 0. The van der Waals surface area contributed by atoms with Gasteiger partial charge in [-0.15, -0.1) is 0 Å². The minimum absolute atomic E-state index is 0.000890. The second kappa shape index (κ2) is 9.42. The van der Waals surface area contributed by atoms with Crippen molar-refractivity contribution in [2.24, 2.45) is 0 Å². The molecule has 1 aliphatic rings. The molecule has 2 amide bonds. The highest BCUT2D eigenvalue weighted by Gasteiger charge is 2.27. The Morgan fingerprint density at radius 2 is 1.88 bits per heavy atom. The second-order valence-electron chi connectivity index (χ2n) is 7.03. The van der Waals surface area contributed by atoms with Crippen molar-refractivity contribution in [3.63, 3.8) is 0 Å². The van der Waals surface area contributed by atoms with Crippen LogP contribution in [0.25, 0.3) is 0 Å². The molecule has 4 rings (SSSR count). The second-order valence-corrected chi connectivity index (χ2v) is 8.12. The molecule has 164 valence electrons. The van der Waals surface area contributed by atoms with E-state index in [9.17, 15) is 14.0 Å². The molecule has 6 nitrogen and oxygen atoms in total. The summed E-state index contributed by atoms with van der Waals surface area (Å²) in [5.41, 5.74) is 2.19. The highest BCUT2D eigenvalue weighted by molar-refractivity contribution is 7.99. The number of nitrogens with one attached hydrogen (secondary N) is 1. The normalized spacial score (nSPS) is 12.6. The van der Waals surface area contributed by atoms with Gasteiger partial charge in [0, 0.05) is 34.7 Å². The van der Waals surface area contributed by atoms with Crippen LogP contribution in [0.5, 0.6) is 5.75 Å². The molecule has 1 heterocycles. The zero-order valence-electron chi connectivity index (χ0n) is 17.6. The molecule has 0 saturated heterocycles. The van der Waals surface area contributed by atoms with Gasteiger partial charge in [0.15, 0.2) is 11.6 Å². The first-order valence-electron chi connectivity index (χ1n) is 9.88. The van der Waals surface area contributed by atoms with E-state index in [-0.39, 0.29) is 17.2 Å². The van der Waals surface area contributed by atoms with Gasteiger partial charge in [0.25, 0.3) is 11.8 Å². The number of hydrogen-bond acceptors (Lipinski definition) is 5. The van der Waals surface area contributed by atoms with Crippen LogP contribution in [0.1, 0.15) is 20.7 Å². The number of hydrogen-bond donors (Lipinski definition) is 1. The standard InChI is InChI=1S/C24H21FN2O4S/c1-30-12-11-27-19-10-8-16(26-23(28)15-7-9-18(25)20(13-15)31-2)14-22(19)32-21-6-4-3-5-17(21)24(27)29/h3-10,13-14H,11-12H2,1-2H3,(H,26,28). The summed E-state index contributed by atoms with van der Waals surface area (Å²) in [7, 11) is 2.94. The molecule has 0 spiro atoms. The average molecular weight is 453 g/mol. The Balaban J connectivity index is 1.67. The lowest BCUT2D eigenvalue weighted by Crippen LogP contribution is -2.33. The van der Waals surface area contributed by atoms with E-state index in [1.165, 1.54) is 37.1 Å². The maximum Gasteiger partial charge on any atom is 0.259 e. The van der Waals surface area contributed by atoms with Gasteiger partial charge in [-0.05, 0) is 48.5 Å². The quantitative estimate of drug-likeness (QED) is 0.580. The number of benzene rings is 3. The van der Waals surface area contributed by atoms with Gasteiger partial charge in [-0.1, -0.05) is 23.9 Å². The van der Waals surface area contributed by atoms with Gasteiger partial charge in [0.1, 0.15) is 0 Å². The fraction of sp³-hybridized carbons (Fsp3) is 0.167. The molecule has 0 bridgehead atoms. The van der Waals surface area contributed by atoms with Crippen LogP contribution < -0.4 is 15.0 Å². The van der Waals surface area contributed by atoms with Crippen molar-refractivity contribution < 1.29 is 23.5 Å². The molecule has 0 radical (unpaired) electrons. The molecule has 0 unspecified atom stereocenters. The number of nitrogens with zero attached hydrogens (tertiary/aromatic N) is 1.